The third-order valence-corrected chi connectivity index (χ3v) is 5.49. The van der Waals surface area contributed by atoms with E-state index in [-0.39, 0.29) is 21.5 Å². The van der Waals surface area contributed by atoms with E-state index >= 15 is 0 Å². The van der Waals surface area contributed by atoms with Crippen molar-refractivity contribution in [2.75, 3.05) is 6.61 Å². The molecule has 0 saturated heterocycles. The lowest BCUT2D eigenvalue weighted by Gasteiger charge is -2.22. The Morgan fingerprint density at radius 1 is 1.56 bits per heavy atom. The molecule has 1 aromatic heterocycles. The predicted molar refractivity (Wildman–Crippen MR) is 66.9 cm³/mol. The standard InChI is InChI=1S/C9H15N3O4S2/c1-5-8(17-7(11-5)6(10)14)18(15,16)12-9(2,3)4-13/h12-13H,4H2,1-3H3,(H2,10,14). The molecule has 0 aliphatic carbocycles. The van der Waals surface area contributed by atoms with E-state index in [4.69, 9.17) is 10.8 Å². The van der Waals surface area contributed by atoms with Gasteiger partial charge in [-0.1, -0.05) is 11.3 Å². The van der Waals surface area contributed by atoms with Gasteiger partial charge in [0.25, 0.3) is 15.9 Å². The van der Waals surface area contributed by atoms with Gasteiger partial charge in [0.05, 0.1) is 17.8 Å². The number of carbonyl (C=O) groups is 1. The summed E-state index contributed by atoms with van der Waals surface area (Å²) in [7, 11) is -3.84. The zero-order chi connectivity index (χ0) is 14.1. The summed E-state index contributed by atoms with van der Waals surface area (Å²) in [6.07, 6.45) is 0. The molecule has 0 saturated carbocycles. The van der Waals surface area contributed by atoms with Crippen LogP contribution in [-0.4, -0.2) is 36.6 Å². The normalized spacial score (nSPS) is 12.7. The molecular formula is C9H15N3O4S2. The Labute approximate surface area is 109 Å². The number of nitrogens with two attached hydrogens (primary N) is 1. The summed E-state index contributed by atoms with van der Waals surface area (Å²) in [5, 5.41) is 8.99. The number of amides is 1. The van der Waals surface area contributed by atoms with Crippen molar-refractivity contribution in [3.05, 3.63) is 10.7 Å². The van der Waals surface area contributed by atoms with E-state index < -0.39 is 21.5 Å². The molecule has 0 atom stereocenters. The molecule has 0 aliphatic heterocycles. The molecule has 0 unspecified atom stereocenters. The molecule has 0 aromatic carbocycles. The molecular weight excluding hydrogens is 278 g/mol. The number of aliphatic hydroxyl groups is 1. The van der Waals surface area contributed by atoms with E-state index in [0.29, 0.717) is 11.3 Å². The van der Waals surface area contributed by atoms with Gasteiger partial charge in [0.15, 0.2) is 9.22 Å². The first-order valence-corrected chi connectivity index (χ1v) is 7.31. The number of hydrogen-bond acceptors (Lipinski definition) is 6. The Hall–Kier alpha value is -1.03. The molecule has 1 aromatic rings. The molecule has 1 heterocycles. The minimum atomic E-state index is -3.84. The van der Waals surface area contributed by atoms with Crippen LogP contribution in [0.1, 0.15) is 29.3 Å². The van der Waals surface area contributed by atoms with E-state index in [1.807, 2.05) is 0 Å². The lowest BCUT2D eigenvalue weighted by atomic mass is 10.1. The van der Waals surface area contributed by atoms with Gasteiger partial charge in [0.1, 0.15) is 0 Å². The Bertz CT molecular complexity index is 562. The fourth-order valence-corrected chi connectivity index (χ4v) is 3.95. The van der Waals surface area contributed by atoms with Gasteiger partial charge in [-0.3, -0.25) is 4.79 Å². The van der Waals surface area contributed by atoms with Crippen LogP contribution in [0.15, 0.2) is 4.21 Å². The van der Waals surface area contributed by atoms with Gasteiger partial charge in [0, 0.05) is 0 Å². The van der Waals surface area contributed by atoms with Crippen LogP contribution >= 0.6 is 11.3 Å². The van der Waals surface area contributed by atoms with Gasteiger partial charge in [0.2, 0.25) is 0 Å². The molecule has 0 bridgehead atoms. The highest BCUT2D eigenvalue weighted by molar-refractivity contribution is 7.91. The first-order valence-electron chi connectivity index (χ1n) is 5.01. The number of rotatable bonds is 5. The van der Waals surface area contributed by atoms with Crippen molar-refractivity contribution < 1.29 is 18.3 Å². The maximum atomic E-state index is 12.1. The molecule has 102 valence electrons. The molecule has 7 nitrogen and oxygen atoms in total. The van der Waals surface area contributed by atoms with E-state index in [2.05, 4.69) is 9.71 Å². The predicted octanol–water partition coefficient (Wildman–Crippen LogP) is -0.400. The average molecular weight is 293 g/mol. The zero-order valence-electron chi connectivity index (χ0n) is 10.2. The van der Waals surface area contributed by atoms with Gasteiger partial charge < -0.3 is 10.8 Å². The highest BCUT2D eigenvalue weighted by Crippen LogP contribution is 2.24. The third kappa shape index (κ3) is 3.25. The number of nitrogens with zero attached hydrogens (tertiary/aromatic N) is 1. The van der Waals surface area contributed by atoms with Crippen LogP contribution in [0.3, 0.4) is 0 Å². The Kier molecular flexibility index (Phi) is 4.11. The smallest absolute Gasteiger partial charge is 0.277 e. The fourth-order valence-electron chi connectivity index (χ4n) is 1.18. The number of carbonyl (C=O) groups excluding carboxylic acids is 1. The first-order chi connectivity index (χ1) is 8.09. The summed E-state index contributed by atoms with van der Waals surface area (Å²) >= 11 is 0.708. The largest absolute Gasteiger partial charge is 0.394 e. The van der Waals surface area contributed by atoms with E-state index in [9.17, 15) is 13.2 Å². The SMILES string of the molecule is Cc1nc(C(N)=O)sc1S(=O)(=O)NC(C)(C)CO. The van der Waals surface area contributed by atoms with Crippen molar-refractivity contribution in [2.45, 2.75) is 30.5 Å². The van der Waals surface area contributed by atoms with Gasteiger partial charge in [-0.25, -0.2) is 18.1 Å². The second kappa shape index (κ2) is 4.92. The molecule has 0 spiro atoms. The Morgan fingerprint density at radius 3 is 2.50 bits per heavy atom. The van der Waals surface area contributed by atoms with Crippen molar-refractivity contribution >= 4 is 27.3 Å². The van der Waals surface area contributed by atoms with Gasteiger partial charge in [-0.15, -0.1) is 0 Å². The summed E-state index contributed by atoms with van der Waals surface area (Å²) in [6.45, 7) is 4.20. The lowest BCUT2D eigenvalue weighted by molar-refractivity contribution is 0.1000. The molecule has 1 rings (SSSR count). The second-order valence-electron chi connectivity index (χ2n) is 4.40. The van der Waals surface area contributed by atoms with Crippen molar-refractivity contribution in [3.8, 4) is 0 Å². The number of primary amides is 1. The van der Waals surface area contributed by atoms with Crippen LogP contribution in [-0.2, 0) is 10.0 Å². The number of sulfonamides is 1. The monoisotopic (exact) mass is 293 g/mol. The maximum Gasteiger partial charge on any atom is 0.277 e. The van der Waals surface area contributed by atoms with Crippen molar-refractivity contribution in [2.24, 2.45) is 5.73 Å². The summed E-state index contributed by atoms with van der Waals surface area (Å²) < 4.78 is 26.4. The number of thiazole rings is 1. The lowest BCUT2D eigenvalue weighted by Crippen LogP contribution is -2.46. The fraction of sp³-hybridized carbons (Fsp3) is 0.556. The molecule has 0 fully saturated rings. The summed E-state index contributed by atoms with van der Waals surface area (Å²) in [5.41, 5.74) is 4.25. The molecule has 18 heavy (non-hydrogen) atoms. The average Bonchev–Trinajstić information content (AvgIpc) is 2.60. The van der Waals surface area contributed by atoms with Crippen LogP contribution in [0.25, 0.3) is 0 Å². The minimum absolute atomic E-state index is 0.0605. The van der Waals surface area contributed by atoms with E-state index in [1.54, 1.807) is 0 Å². The number of aromatic nitrogens is 1. The molecule has 9 heteroatoms. The van der Waals surface area contributed by atoms with Crippen LogP contribution in [0.4, 0.5) is 0 Å². The number of aliphatic hydroxyl groups excluding tert-OH is 1. The third-order valence-electron chi connectivity index (χ3n) is 2.01. The molecule has 0 radical (unpaired) electrons. The molecule has 4 N–H and O–H groups in total. The van der Waals surface area contributed by atoms with Gasteiger partial charge >= 0.3 is 0 Å². The van der Waals surface area contributed by atoms with Crippen molar-refractivity contribution in [1.29, 1.82) is 0 Å². The number of hydrogen-bond donors (Lipinski definition) is 3. The second-order valence-corrected chi connectivity index (χ2v) is 7.28. The summed E-state index contributed by atoms with van der Waals surface area (Å²) in [5.74, 6) is -0.772. The quantitative estimate of drug-likeness (QED) is 0.681. The highest BCUT2D eigenvalue weighted by Gasteiger charge is 2.29. The molecule has 0 aliphatic rings. The Morgan fingerprint density at radius 2 is 2.11 bits per heavy atom. The van der Waals surface area contributed by atoms with Crippen molar-refractivity contribution in [3.63, 3.8) is 0 Å². The van der Waals surface area contributed by atoms with Gasteiger partial charge in [-0.2, -0.15) is 0 Å². The number of nitrogens with one attached hydrogen (secondary N) is 1. The topological polar surface area (TPSA) is 122 Å². The minimum Gasteiger partial charge on any atom is -0.394 e. The van der Waals surface area contributed by atoms with Crippen LogP contribution in [0.2, 0.25) is 0 Å². The van der Waals surface area contributed by atoms with E-state index in [0.717, 1.165) is 0 Å². The van der Waals surface area contributed by atoms with Crippen LogP contribution < -0.4 is 10.5 Å². The first kappa shape index (κ1) is 15.0. The zero-order valence-corrected chi connectivity index (χ0v) is 11.9. The van der Waals surface area contributed by atoms with E-state index in [1.165, 1.54) is 20.8 Å². The summed E-state index contributed by atoms with van der Waals surface area (Å²) in [6, 6.07) is 0. The maximum absolute atomic E-state index is 12.1. The van der Waals surface area contributed by atoms with Crippen LogP contribution in [0.5, 0.6) is 0 Å². The Balaban J connectivity index is 3.17. The number of aryl methyl sites for hydroxylation is 1. The highest BCUT2D eigenvalue weighted by atomic mass is 32.2. The van der Waals surface area contributed by atoms with Gasteiger partial charge in [-0.05, 0) is 20.8 Å². The summed E-state index contributed by atoms with van der Waals surface area (Å²) in [4.78, 5) is 14.7. The van der Waals surface area contributed by atoms with Crippen LogP contribution in [0, 0.1) is 6.92 Å². The molecule has 1 amide bonds. The van der Waals surface area contributed by atoms with Crippen molar-refractivity contribution in [1.82, 2.24) is 9.71 Å².